The first-order valence-electron chi connectivity index (χ1n) is 4.49. The van der Waals surface area contributed by atoms with Gasteiger partial charge in [-0.15, -0.1) is 0 Å². The highest BCUT2D eigenvalue weighted by atomic mass is 79.9. The minimum Gasteiger partial charge on any atom is -0.466 e. The summed E-state index contributed by atoms with van der Waals surface area (Å²) in [6.45, 7) is 1.91. The number of nitro groups is 1. The van der Waals surface area contributed by atoms with Crippen molar-refractivity contribution in [3.63, 3.8) is 0 Å². The number of aromatic nitrogens is 1. The topological polar surface area (TPSA) is 82.3 Å². The second-order valence-electron chi connectivity index (χ2n) is 2.86. The molecule has 16 heavy (non-hydrogen) atoms. The van der Waals surface area contributed by atoms with Crippen LogP contribution in [0.1, 0.15) is 12.6 Å². The van der Waals surface area contributed by atoms with Gasteiger partial charge in [-0.05, 0) is 22.9 Å². The molecule has 0 bridgehead atoms. The van der Waals surface area contributed by atoms with Crippen molar-refractivity contribution in [1.82, 2.24) is 4.98 Å². The van der Waals surface area contributed by atoms with E-state index in [1.165, 1.54) is 12.3 Å². The van der Waals surface area contributed by atoms with E-state index in [1.54, 1.807) is 6.92 Å². The van der Waals surface area contributed by atoms with E-state index in [0.717, 1.165) is 0 Å². The normalized spacial score (nSPS) is 9.88. The fourth-order valence-electron chi connectivity index (χ4n) is 1.10. The van der Waals surface area contributed by atoms with Gasteiger partial charge in [0.25, 0.3) is 5.69 Å². The van der Waals surface area contributed by atoms with Crippen LogP contribution in [0.5, 0.6) is 0 Å². The van der Waals surface area contributed by atoms with Gasteiger partial charge in [0.05, 0.1) is 18.0 Å². The molecule has 0 aromatic carbocycles. The zero-order valence-corrected chi connectivity index (χ0v) is 10.1. The zero-order valence-electron chi connectivity index (χ0n) is 8.47. The number of nitrogens with zero attached hydrogens (tertiary/aromatic N) is 2. The summed E-state index contributed by atoms with van der Waals surface area (Å²) in [7, 11) is 0. The summed E-state index contributed by atoms with van der Waals surface area (Å²) < 4.78 is 5.19. The predicted molar refractivity (Wildman–Crippen MR) is 58.9 cm³/mol. The number of carbonyl (C=O) groups excluding carboxylic acids is 1. The molecule has 0 radical (unpaired) electrons. The standard InChI is InChI=1S/C9H9BrN2O4/c1-2-16-9(13)4-7-8(12(14)15)3-6(10)5-11-7/h3,5H,2,4H2,1H3. The van der Waals surface area contributed by atoms with E-state index in [-0.39, 0.29) is 24.4 Å². The van der Waals surface area contributed by atoms with Gasteiger partial charge in [-0.1, -0.05) is 0 Å². The summed E-state index contributed by atoms with van der Waals surface area (Å²) in [5.74, 6) is -0.527. The summed E-state index contributed by atoms with van der Waals surface area (Å²) in [6, 6.07) is 1.31. The summed E-state index contributed by atoms with van der Waals surface area (Å²) in [6.07, 6.45) is 1.21. The lowest BCUT2D eigenvalue weighted by Gasteiger charge is -2.02. The molecule has 0 unspecified atom stereocenters. The van der Waals surface area contributed by atoms with Crippen molar-refractivity contribution in [1.29, 1.82) is 0 Å². The molecule has 1 heterocycles. The van der Waals surface area contributed by atoms with Crippen LogP contribution < -0.4 is 0 Å². The summed E-state index contributed by atoms with van der Waals surface area (Å²) in [5.41, 5.74) is -0.0888. The molecule has 1 aromatic rings. The van der Waals surface area contributed by atoms with Crippen molar-refractivity contribution in [2.45, 2.75) is 13.3 Å². The van der Waals surface area contributed by atoms with Crippen LogP contribution >= 0.6 is 15.9 Å². The molecule has 0 aliphatic rings. The van der Waals surface area contributed by atoms with Gasteiger partial charge in [0, 0.05) is 16.7 Å². The molecule has 0 N–H and O–H groups in total. The SMILES string of the molecule is CCOC(=O)Cc1ncc(Br)cc1[N+](=O)[O-]. The highest BCUT2D eigenvalue weighted by Crippen LogP contribution is 2.21. The molecule has 0 fully saturated rings. The lowest BCUT2D eigenvalue weighted by atomic mass is 10.2. The Morgan fingerprint density at radius 3 is 2.94 bits per heavy atom. The van der Waals surface area contributed by atoms with Crippen molar-refractivity contribution >= 4 is 27.6 Å². The smallest absolute Gasteiger partial charge is 0.312 e. The first kappa shape index (κ1) is 12.6. The number of pyridine rings is 1. The number of rotatable bonds is 4. The minimum atomic E-state index is -0.577. The van der Waals surface area contributed by atoms with Crippen molar-refractivity contribution in [2.75, 3.05) is 6.61 Å². The predicted octanol–water partition coefficient (Wildman–Crippen LogP) is 1.86. The van der Waals surface area contributed by atoms with Crippen LogP contribution in [0.3, 0.4) is 0 Å². The molecule has 7 heteroatoms. The van der Waals surface area contributed by atoms with E-state index in [2.05, 4.69) is 20.9 Å². The molecule has 86 valence electrons. The fraction of sp³-hybridized carbons (Fsp3) is 0.333. The summed E-state index contributed by atoms with van der Waals surface area (Å²) in [5, 5.41) is 10.7. The first-order chi connectivity index (χ1) is 7.54. The molecule has 0 aliphatic carbocycles. The first-order valence-corrected chi connectivity index (χ1v) is 5.28. The van der Waals surface area contributed by atoms with Gasteiger partial charge >= 0.3 is 5.97 Å². The van der Waals surface area contributed by atoms with Crippen LogP contribution in [0.25, 0.3) is 0 Å². The molecule has 0 spiro atoms. The van der Waals surface area contributed by atoms with E-state index < -0.39 is 10.9 Å². The fourth-order valence-corrected chi connectivity index (χ4v) is 1.42. The Kier molecular flexibility index (Phi) is 4.36. The Hall–Kier alpha value is -1.50. The summed E-state index contributed by atoms with van der Waals surface area (Å²) in [4.78, 5) is 25.1. The van der Waals surface area contributed by atoms with Gasteiger partial charge in [-0.25, -0.2) is 0 Å². The number of hydrogen-bond donors (Lipinski definition) is 0. The molecular formula is C9H9BrN2O4. The number of esters is 1. The van der Waals surface area contributed by atoms with Crippen LogP contribution in [-0.2, 0) is 16.0 Å². The minimum absolute atomic E-state index is 0.103. The molecule has 0 saturated heterocycles. The molecular weight excluding hydrogens is 280 g/mol. The second kappa shape index (κ2) is 5.55. The highest BCUT2D eigenvalue weighted by Gasteiger charge is 2.18. The van der Waals surface area contributed by atoms with Crippen LogP contribution in [0.15, 0.2) is 16.7 Å². The van der Waals surface area contributed by atoms with Gasteiger partial charge in [-0.3, -0.25) is 19.9 Å². The van der Waals surface area contributed by atoms with E-state index in [4.69, 9.17) is 4.74 Å². The maximum Gasteiger partial charge on any atom is 0.312 e. The Labute approximate surface area is 99.9 Å². The van der Waals surface area contributed by atoms with Gasteiger partial charge < -0.3 is 4.74 Å². The van der Waals surface area contributed by atoms with Crippen molar-refractivity contribution in [2.24, 2.45) is 0 Å². The lowest BCUT2D eigenvalue weighted by Crippen LogP contribution is -2.10. The van der Waals surface area contributed by atoms with Gasteiger partial charge in [0.2, 0.25) is 0 Å². The second-order valence-corrected chi connectivity index (χ2v) is 3.77. The molecule has 0 amide bonds. The van der Waals surface area contributed by atoms with Gasteiger partial charge in [0.15, 0.2) is 0 Å². The largest absolute Gasteiger partial charge is 0.466 e. The van der Waals surface area contributed by atoms with Crippen LogP contribution in [0, 0.1) is 10.1 Å². The number of halogens is 1. The molecule has 1 rings (SSSR count). The van der Waals surface area contributed by atoms with Crippen molar-refractivity contribution in [3.05, 3.63) is 32.5 Å². The number of hydrogen-bond acceptors (Lipinski definition) is 5. The lowest BCUT2D eigenvalue weighted by molar-refractivity contribution is -0.386. The van der Waals surface area contributed by atoms with E-state index in [1.807, 2.05) is 0 Å². The average molecular weight is 289 g/mol. The Bertz CT molecular complexity index is 422. The third-order valence-electron chi connectivity index (χ3n) is 1.73. The van der Waals surface area contributed by atoms with Gasteiger partial charge in [-0.2, -0.15) is 0 Å². The maximum absolute atomic E-state index is 11.2. The highest BCUT2D eigenvalue weighted by molar-refractivity contribution is 9.10. The summed E-state index contributed by atoms with van der Waals surface area (Å²) >= 11 is 3.08. The Balaban J connectivity index is 2.95. The average Bonchev–Trinajstić information content (AvgIpc) is 2.20. The third kappa shape index (κ3) is 3.27. The number of carbonyl (C=O) groups is 1. The molecule has 1 aromatic heterocycles. The van der Waals surface area contributed by atoms with E-state index >= 15 is 0 Å². The van der Waals surface area contributed by atoms with Gasteiger partial charge in [0.1, 0.15) is 5.69 Å². The van der Waals surface area contributed by atoms with E-state index in [9.17, 15) is 14.9 Å². The van der Waals surface area contributed by atoms with Crippen LogP contribution in [0.2, 0.25) is 0 Å². The van der Waals surface area contributed by atoms with Crippen molar-refractivity contribution in [3.8, 4) is 0 Å². The van der Waals surface area contributed by atoms with Crippen LogP contribution in [-0.4, -0.2) is 22.5 Å². The Morgan fingerprint density at radius 2 is 2.38 bits per heavy atom. The van der Waals surface area contributed by atoms with Crippen LogP contribution in [0.4, 0.5) is 5.69 Å². The van der Waals surface area contributed by atoms with E-state index in [0.29, 0.717) is 4.47 Å². The third-order valence-corrected chi connectivity index (χ3v) is 2.16. The monoisotopic (exact) mass is 288 g/mol. The Morgan fingerprint density at radius 1 is 1.69 bits per heavy atom. The van der Waals surface area contributed by atoms with Crippen molar-refractivity contribution < 1.29 is 14.5 Å². The zero-order chi connectivity index (χ0) is 12.1. The molecule has 0 saturated carbocycles. The molecule has 0 atom stereocenters. The quantitative estimate of drug-likeness (QED) is 0.480. The molecule has 6 nitrogen and oxygen atoms in total. The number of ether oxygens (including phenoxy) is 1. The molecule has 0 aliphatic heterocycles. The maximum atomic E-state index is 11.2.